The summed E-state index contributed by atoms with van der Waals surface area (Å²) in [7, 11) is 0. The maximum atomic E-state index is 13.4. The van der Waals surface area contributed by atoms with Crippen molar-refractivity contribution in [3.63, 3.8) is 0 Å². The first kappa shape index (κ1) is 13.9. The Kier molecular flexibility index (Phi) is 3.79. The number of benzene rings is 1. The Labute approximate surface area is 121 Å². The molecule has 2 aromatic rings. The molecule has 5 nitrogen and oxygen atoms in total. The predicted octanol–water partition coefficient (Wildman–Crippen LogP) is 1.88. The molecule has 0 saturated carbocycles. The molecule has 1 N–H and O–H groups in total. The van der Waals surface area contributed by atoms with Crippen LogP contribution in [0.1, 0.15) is 23.2 Å². The van der Waals surface area contributed by atoms with Gasteiger partial charge in [-0.2, -0.15) is 10.2 Å². The highest BCUT2D eigenvalue weighted by molar-refractivity contribution is 6.05. The number of halogens is 1. The summed E-state index contributed by atoms with van der Waals surface area (Å²) >= 11 is 0. The van der Waals surface area contributed by atoms with E-state index in [0.29, 0.717) is 42.5 Å². The lowest BCUT2D eigenvalue weighted by Gasteiger charge is -2.35. The molecule has 6 heteroatoms. The van der Waals surface area contributed by atoms with E-state index < -0.39 is 12.2 Å². The topological polar surface area (TPSA) is 64.1 Å². The summed E-state index contributed by atoms with van der Waals surface area (Å²) in [6, 6.07) is 7.27. The highest BCUT2D eigenvalue weighted by Crippen LogP contribution is 2.23. The summed E-state index contributed by atoms with van der Waals surface area (Å²) in [6.07, 6.45) is 2.38. The van der Waals surface area contributed by atoms with E-state index in [2.05, 4.69) is 15.5 Å². The van der Waals surface area contributed by atoms with E-state index in [0.717, 1.165) is 0 Å². The lowest BCUT2D eigenvalue weighted by molar-refractivity contribution is 0.0266. The van der Waals surface area contributed by atoms with E-state index in [1.54, 1.807) is 6.07 Å². The quantitative estimate of drug-likeness (QED) is 0.937. The summed E-state index contributed by atoms with van der Waals surface area (Å²) in [5.74, 6) is -0.319. The molecule has 0 atom stereocenters. The molecule has 1 saturated heterocycles. The van der Waals surface area contributed by atoms with Gasteiger partial charge in [0, 0.05) is 18.6 Å². The van der Waals surface area contributed by atoms with E-state index in [1.165, 1.54) is 6.20 Å². The normalized spacial score (nSPS) is 17.6. The van der Waals surface area contributed by atoms with Crippen LogP contribution >= 0.6 is 0 Å². The molecule has 1 aliphatic heterocycles. The van der Waals surface area contributed by atoms with Crippen LogP contribution in [0.5, 0.6) is 0 Å². The van der Waals surface area contributed by atoms with Gasteiger partial charge in [0.2, 0.25) is 0 Å². The number of ether oxygens (including phenoxy) is 1. The van der Waals surface area contributed by atoms with E-state index in [1.807, 2.05) is 18.2 Å². The molecule has 1 aromatic carbocycles. The third kappa shape index (κ3) is 2.71. The van der Waals surface area contributed by atoms with Gasteiger partial charge in [-0.05, 0) is 18.9 Å². The number of amides is 1. The molecule has 1 aliphatic rings. The number of hydrogen-bond donors (Lipinski definition) is 1. The highest BCUT2D eigenvalue weighted by atomic mass is 19.1. The minimum absolute atomic E-state index is 0.319. The van der Waals surface area contributed by atoms with Crippen LogP contribution in [-0.4, -0.2) is 41.5 Å². The molecule has 0 unspecified atom stereocenters. The second-order valence-corrected chi connectivity index (χ2v) is 5.26. The second-order valence-electron chi connectivity index (χ2n) is 5.26. The first-order chi connectivity index (χ1) is 10.2. The average Bonchev–Trinajstić information content (AvgIpc) is 2.55. The summed E-state index contributed by atoms with van der Waals surface area (Å²) in [5, 5.41) is 11.4. The van der Waals surface area contributed by atoms with Crippen molar-refractivity contribution in [3.05, 3.63) is 36.0 Å². The van der Waals surface area contributed by atoms with Gasteiger partial charge in [0.1, 0.15) is 6.67 Å². The number of rotatable bonds is 3. The fraction of sp³-hybridized carbons (Fsp3) is 0.400. The largest absolute Gasteiger partial charge is 0.381 e. The fourth-order valence-electron chi connectivity index (χ4n) is 2.55. The predicted molar refractivity (Wildman–Crippen MR) is 75.8 cm³/mol. The van der Waals surface area contributed by atoms with E-state index in [-0.39, 0.29) is 5.91 Å². The number of fused-ring (bicyclic) bond motifs is 1. The van der Waals surface area contributed by atoms with E-state index in [9.17, 15) is 9.18 Å². The molecule has 1 aromatic heterocycles. The number of nitrogens with one attached hydrogen (secondary N) is 1. The molecule has 21 heavy (non-hydrogen) atoms. The number of aromatic nitrogens is 2. The lowest BCUT2D eigenvalue weighted by Crippen LogP contribution is -2.53. The molecule has 3 rings (SSSR count). The Morgan fingerprint density at radius 1 is 1.33 bits per heavy atom. The highest BCUT2D eigenvalue weighted by Gasteiger charge is 2.34. The average molecular weight is 289 g/mol. The molecule has 2 heterocycles. The van der Waals surface area contributed by atoms with Gasteiger partial charge in [0.25, 0.3) is 5.91 Å². The SMILES string of the molecule is O=C(NC1(CF)CCOCC1)c1cnnc2ccccc12. The molecule has 0 spiro atoms. The number of carbonyl (C=O) groups is 1. The second kappa shape index (κ2) is 5.73. The summed E-state index contributed by atoms with van der Waals surface area (Å²) in [4.78, 5) is 12.5. The standard InChI is InChI=1S/C15H16FN3O2/c16-10-15(5-7-21-8-6-15)18-14(20)12-9-17-19-13-4-2-1-3-11(12)13/h1-4,9H,5-8,10H2,(H,18,20). The summed E-state index contributed by atoms with van der Waals surface area (Å²) < 4.78 is 18.7. The van der Waals surface area contributed by atoms with Gasteiger partial charge in [0.15, 0.2) is 0 Å². The van der Waals surface area contributed by atoms with Gasteiger partial charge >= 0.3 is 0 Å². The molecule has 0 aliphatic carbocycles. The third-order valence-corrected chi connectivity index (χ3v) is 3.88. The molecule has 1 fully saturated rings. The lowest BCUT2D eigenvalue weighted by atomic mass is 9.91. The minimum atomic E-state index is -0.834. The van der Waals surface area contributed by atoms with Crippen molar-refractivity contribution in [3.8, 4) is 0 Å². The number of nitrogens with zero attached hydrogens (tertiary/aromatic N) is 2. The Balaban J connectivity index is 1.90. The first-order valence-electron chi connectivity index (χ1n) is 6.91. The van der Waals surface area contributed by atoms with Crippen LogP contribution in [0.4, 0.5) is 4.39 Å². The Morgan fingerprint density at radius 3 is 2.86 bits per heavy atom. The van der Waals surface area contributed by atoms with E-state index in [4.69, 9.17) is 4.74 Å². The number of hydrogen-bond acceptors (Lipinski definition) is 4. The van der Waals surface area contributed by atoms with Crippen LogP contribution in [-0.2, 0) is 4.74 Å². The van der Waals surface area contributed by atoms with Crippen molar-refractivity contribution < 1.29 is 13.9 Å². The zero-order chi connectivity index (χ0) is 14.7. The smallest absolute Gasteiger partial charge is 0.254 e. The van der Waals surface area contributed by atoms with Gasteiger partial charge in [-0.3, -0.25) is 4.79 Å². The Bertz CT molecular complexity index is 651. The van der Waals surface area contributed by atoms with Crippen LogP contribution in [0.3, 0.4) is 0 Å². The van der Waals surface area contributed by atoms with E-state index >= 15 is 0 Å². The van der Waals surface area contributed by atoms with Gasteiger partial charge in [-0.1, -0.05) is 18.2 Å². The number of alkyl halides is 1. The molecule has 110 valence electrons. The van der Waals surface area contributed by atoms with Gasteiger partial charge in [-0.25, -0.2) is 4.39 Å². The maximum absolute atomic E-state index is 13.4. The summed E-state index contributed by atoms with van der Waals surface area (Å²) in [6.45, 7) is 0.317. The van der Waals surface area contributed by atoms with Crippen molar-refractivity contribution in [2.75, 3.05) is 19.9 Å². The zero-order valence-electron chi connectivity index (χ0n) is 11.5. The Morgan fingerprint density at radius 2 is 2.10 bits per heavy atom. The molecule has 0 bridgehead atoms. The van der Waals surface area contributed by atoms with Crippen molar-refractivity contribution in [1.29, 1.82) is 0 Å². The van der Waals surface area contributed by atoms with Gasteiger partial charge in [-0.15, -0.1) is 0 Å². The van der Waals surface area contributed by atoms with Crippen LogP contribution in [0, 0.1) is 0 Å². The molecule has 0 radical (unpaired) electrons. The van der Waals surface area contributed by atoms with Crippen molar-refractivity contribution in [2.24, 2.45) is 0 Å². The van der Waals surface area contributed by atoms with Crippen molar-refractivity contribution in [2.45, 2.75) is 18.4 Å². The van der Waals surface area contributed by atoms with Crippen LogP contribution in [0.25, 0.3) is 10.9 Å². The summed E-state index contributed by atoms with van der Waals surface area (Å²) in [5.41, 5.74) is 0.228. The monoisotopic (exact) mass is 289 g/mol. The first-order valence-corrected chi connectivity index (χ1v) is 6.91. The van der Waals surface area contributed by atoms with Crippen LogP contribution in [0.15, 0.2) is 30.5 Å². The fourth-order valence-corrected chi connectivity index (χ4v) is 2.55. The number of carbonyl (C=O) groups excluding carboxylic acids is 1. The molecular weight excluding hydrogens is 273 g/mol. The molecular formula is C15H16FN3O2. The van der Waals surface area contributed by atoms with Crippen LogP contribution < -0.4 is 5.32 Å². The maximum Gasteiger partial charge on any atom is 0.254 e. The minimum Gasteiger partial charge on any atom is -0.381 e. The third-order valence-electron chi connectivity index (χ3n) is 3.88. The zero-order valence-corrected chi connectivity index (χ0v) is 11.5. The Hall–Kier alpha value is -2.08. The van der Waals surface area contributed by atoms with Crippen LogP contribution in [0.2, 0.25) is 0 Å². The van der Waals surface area contributed by atoms with Crippen molar-refractivity contribution >= 4 is 16.8 Å². The molecule has 1 amide bonds. The van der Waals surface area contributed by atoms with Gasteiger partial charge in [0.05, 0.1) is 22.8 Å². The van der Waals surface area contributed by atoms with Gasteiger partial charge < -0.3 is 10.1 Å². The van der Waals surface area contributed by atoms with Crippen molar-refractivity contribution in [1.82, 2.24) is 15.5 Å².